The van der Waals surface area contributed by atoms with Gasteiger partial charge < -0.3 is 15.2 Å². The molecule has 1 aliphatic carbocycles. The molecule has 9 heteroatoms. The molecule has 1 saturated carbocycles. The Kier molecular flexibility index (Phi) is 6.36. The number of methoxy groups -OCH3 is 2. The number of nitrogens with two attached hydrogens (primary N) is 1. The second kappa shape index (κ2) is 8.92. The number of esters is 1. The molecule has 3 atom stereocenters. The summed E-state index contributed by atoms with van der Waals surface area (Å²) in [4.78, 5) is 11.7. The van der Waals surface area contributed by atoms with Gasteiger partial charge in [0.15, 0.2) is 5.82 Å². The number of rotatable bonds is 7. The third kappa shape index (κ3) is 4.61. The molecule has 2 aromatic rings. The summed E-state index contributed by atoms with van der Waals surface area (Å²) in [7, 11) is 2.97. The van der Waals surface area contributed by atoms with E-state index in [0.717, 1.165) is 37.0 Å². The van der Waals surface area contributed by atoms with Crippen LogP contribution in [0.25, 0.3) is 0 Å². The number of nitrogens with zero attached hydrogens (tertiary/aromatic N) is 4. The average molecular weight is 374 g/mol. The van der Waals surface area contributed by atoms with Gasteiger partial charge in [-0.25, -0.2) is 4.68 Å². The smallest absolute Gasteiger partial charge is 0.327 e. The minimum Gasteiger partial charge on any atom is -0.497 e. The van der Waals surface area contributed by atoms with Gasteiger partial charge in [0.05, 0.1) is 20.3 Å². The highest BCUT2D eigenvalue weighted by Crippen LogP contribution is 2.26. The van der Waals surface area contributed by atoms with E-state index in [1.807, 2.05) is 24.3 Å². The first-order chi connectivity index (χ1) is 13.1. The quantitative estimate of drug-likeness (QED) is 0.684. The molecule has 0 bridgehead atoms. The van der Waals surface area contributed by atoms with Gasteiger partial charge in [-0.3, -0.25) is 10.1 Å². The number of ether oxygens (including phenoxy) is 2. The lowest BCUT2D eigenvalue weighted by atomic mass is 9.89. The Balaban J connectivity index is 1.91. The van der Waals surface area contributed by atoms with Crippen LogP contribution in [0.5, 0.6) is 5.75 Å². The molecular weight excluding hydrogens is 348 g/mol. The molecule has 1 fully saturated rings. The zero-order chi connectivity index (χ0) is 19.2. The zero-order valence-electron chi connectivity index (χ0n) is 15.7. The summed E-state index contributed by atoms with van der Waals surface area (Å²) >= 11 is 0. The van der Waals surface area contributed by atoms with E-state index in [4.69, 9.17) is 15.2 Å². The standard InChI is InChI=1S/C18H26N6O3/c1-26-13-9-7-12(8-10-13)17(20-15-6-4-3-5-14(15)19)18-21-22-23-24(18)11-16(25)27-2/h7-10,14-15,17,20H,3-6,11,19H2,1-2H3. The molecule has 0 amide bonds. The van der Waals surface area contributed by atoms with Gasteiger partial charge in [0.25, 0.3) is 0 Å². The van der Waals surface area contributed by atoms with Crippen molar-refractivity contribution in [3.05, 3.63) is 35.7 Å². The summed E-state index contributed by atoms with van der Waals surface area (Å²) in [6.07, 6.45) is 4.26. The van der Waals surface area contributed by atoms with Crippen molar-refractivity contribution in [3.8, 4) is 5.75 Å². The highest BCUT2D eigenvalue weighted by molar-refractivity contribution is 5.68. The number of hydrogen-bond acceptors (Lipinski definition) is 8. The van der Waals surface area contributed by atoms with Gasteiger partial charge >= 0.3 is 5.97 Å². The number of carbonyl (C=O) groups is 1. The van der Waals surface area contributed by atoms with Gasteiger partial charge in [0, 0.05) is 12.1 Å². The van der Waals surface area contributed by atoms with Gasteiger partial charge in [-0.15, -0.1) is 5.10 Å². The van der Waals surface area contributed by atoms with Crippen molar-refractivity contribution < 1.29 is 14.3 Å². The summed E-state index contributed by atoms with van der Waals surface area (Å²) in [5.74, 6) is 0.899. The fourth-order valence-corrected chi connectivity index (χ4v) is 3.41. The number of nitrogens with one attached hydrogen (secondary N) is 1. The zero-order valence-corrected chi connectivity index (χ0v) is 15.7. The van der Waals surface area contributed by atoms with Crippen LogP contribution in [0.15, 0.2) is 24.3 Å². The fraction of sp³-hybridized carbons (Fsp3) is 0.556. The predicted octanol–water partition coefficient (Wildman–Crippen LogP) is 0.804. The van der Waals surface area contributed by atoms with Gasteiger partial charge in [-0.1, -0.05) is 25.0 Å². The number of benzene rings is 1. The minimum atomic E-state index is -0.411. The maximum absolute atomic E-state index is 11.7. The molecule has 3 rings (SSSR count). The van der Waals surface area contributed by atoms with Gasteiger partial charge in [-0.05, 0) is 41.0 Å². The van der Waals surface area contributed by atoms with Crippen molar-refractivity contribution in [2.45, 2.75) is 50.4 Å². The monoisotopic (exact) mass is 374 g/mol. The highest BCUT2D eigenvalue weighted by Gasteiger charge is 2.29. The first kappa shape index (κ1) is 19.2. The highest BCUT2D eigenvalue weighted by atomic mass is 16.5. The van der Waals surface area contributed by atoms with Crippen LogP contribution < -0.4 is 15.8 Å². The maximum atomic E-state index is 11.7. The predicted molar refractivity (Wildman–Crippen MR) is 98.0 cm³/mol. The van der Waals surface area contributed by atoms with Gasteiger partial charge in [0.1, 0.15) is 12.3 Å². The fourth-order valence-electron chi connectivity index (χ4n) is 3.41. The molecule has 1 aromatic carbocycles. The third-order valence-corrected chi connectivity index (χ3v) is 4.97. The first-order valence-corrected chi connectivity index (χ1v) is 9.11. The maximum Gasteiger partial charge on any atom is 0.327 e. The molecule has 3 unspecified atom stereocenters. The molecular formula is C18H26N6O3. The van der Waals surface area contributed by atoms with Crippen LogP contribution >= 0.6 is 0 Å². The minimum absolute atomic E-state index is 0.0517. The Bertz CT molecular complexity index is 748. The van der Waals surface area contributed by atoms with E-state index in [1.165, 1.54) is 11.8 Å². The number of carbonyl (C=O) groups excluding carboxylic acids is 1. The molecule has 0 spiro atoms. The van der Waals surface area contributed by atoms with Crippen molar-refractivity contribution in [2.24, 2.45) is 5.73 Å². The Labute approximate surface area is 158 Å². The van der Waals surface area contributed by atoms with Gasteiger partial charge in [-0.2, -0.15) is 0 Å². The summed E-state index contributed by atoms with van der Waals surface area (Å²) < 4.78 is 11.5. The second-order valence-electron chi connectivity index (χ2n) is 6.70. The molecule has 1 aliphatic rings. The lowest BCUT2D eigenvalue weighted by Crippen LogP contribution is -2.49. The molecule has 0 saturated heterocycles. The number of aromatic nitrogens is 4. The van der Waals surface area contributed by atoms with Crippen LogP contribution in [-0.2, 0) is 16.1 Å². The van der Waals surface area contributed by atoms with Crippen LogP contribution in [0.1, 0.15) is 43.1 Å². The number of tetrazole rings is 1. The molecule has 1 aromatic heterocycles. The lowest BCUT2D eigenvalue weighted by molar-refractivity contribution is -0.141. The summed E-state index contributed by atoms with van der Waals surface area (Å²) in [5, 5.41) is 15.5. The van der Waals surface area contributed by atoms with E-state index in [1.54, 1.807) is 7.11 Å². The SMILES string of the molecule is COC(=O)Cn1nnnc1C(NC1CCCCC1N)c1ccc(OC)cc1. The van der Waals surface area contributed by atoms with Crippen LogP contribution in [0.3, 0.4) is 0 Å². The largest absolute Gasteiger partial charge is 0.497 e. The van der Waals surface area contributed by atoms with Crippen LogP contribution in [-0.4, -0.2) is 52.5 Å². The molecule has 0 radical (unpaired) electrons. The van der Waals surface area contributed by atoms with Crippen molar-refractivity contribution in [1.29, 1.82) is 0 Å². The van der Waals surface area contributed by atoms with E-state index >= 15 is 0 Å². The third-order valence-electron chi connectivity index (χ3n) is 4.97. The van der Waals surface area contributed by atoms with E-state index in [2.05, 4.69) is 20.8 Å². The van der Waals surface area contributed by atoms with Crippen LogP contribution in [0.4, 0.5) is 0 Å². The van der Waals surface area contributed by atoms with Crippen molar-refractivity contribution >= 4 is 5.97 Å². The number of hydrogen-bond donors (Lipinski definition) is 2. The Hall–Kier alpha value is -2.52. The average Bonchev–Trinajstić information content (AvgIpc) is 3.15. The van der Waals surface area contributed by atoms with Crippen LogP contribution in [0.2, 0.25) is 0 Å². The Morgan fingerprint density at radius 2 is 2.04 bits per heavy atom. The molecule has 0 aliphatic heterocycles. The molecule has 1 heterocycles. The first-order valence-electron chi connectivity index (χ1n) is 9.11. The summed E-state index contributed by atoms with van der Waals surface area (Å²) in [6.45, 7) is -0.0517. The Morgan fingerprint density at radius 1 is 1.30 bits per heavy atom. The topological polar surface area (TPSA) is 117 Å². The second-order valence-corrected chi connectivity index (χ2v) is 6.70. The van der Waals surface area contributed by atoms with Crippen molar-refractivity contribution in [2.75, 3.05) is 14.2 Å². The Morgan fingerprint density at radius 3 is 2.70 bits per heavy atom. The summed E-state index contributed by atoms with van der Waals surface area (Å²) in [5.41, 5.74) is 7.30. The van der Waals surface area contributed by atoms with E-state index in [-0.39, 0.29) is 24.7 Å². The van der Waals surface area contributed by atoms with Gasteiger partial charge in [0.2, 0.25) is 0 Å². The van der Waals surface area contributed by atoms with Crippen molar-refractivity contribution in [3.63, 3.8) is 0 Å². The molecule has 3 N–H and O–H groups in total. The lowest BCUT2D eigenvalue weighted by Gasteiger charge is -2.33. The normalized spacial score (nSPS) is 20.9. The van der Waals surface area contributed by atoms with E-state index < -0.39 is 5.97 Å². The summed E-state index contributed by atoms with van der Waals surface area (Å²) in [6, 6.07) is 7.62. The molecule has 146 valence electrons. The van der Waals surface area contributed by atoms with E-state index in [9.17, 15) is 4.79 Å². The molecule has 27 heavy (non-hydrogen) atoms. The van der Waals surface area contributed by atoms with Crippen LogP contribution in [0, 0.1) is 0 Å². The molecule has 9 nitrogen and oxygen atoms in total. The van der Waals surface area contributed by atoms with Crippen molar-refractivity contribution in [1.82, 2.24) is 25.5 Å². The van der Waals surface area contributed by atoms with E-state index in [0.29, 0.717) is 5.82 Å².